The summed E-state index contributed by atoms with van der Waals surface area (Å²) in [4.78, 5) is 26.1. The van der Waals surface area contributed by atoms with Crippen molar-refractivity contribution in [1.82, 2.24) is 15.3 Å². The second kappa shape index (κ2) is 23.6. The molecule has 0 heterocycles. The van der Waals surface area contributed by atoms with E-state index in [1.807, 2.05) is 91.0 Å². The lowest BCUT2D eigenvalue weighted by atomic mass is 9.80. The van der Waals surface area contributed by atoms with Gasteiger partial charge >= 0.3 is 6.09 Å². The number of nitrogens with one attached hydrogen (secondary N) is 2. The molecule has 0 radical (unpaired) electrons. The minimum atomic E-state index is -1.52. The van der Waals surface area contributed by atoms with Gasteiger partial charge in [0.05, 0.1) is 20.8 Å². The third-order valence-corrected chi connectivity index (χ3v) is 13.6. The van der Waals surface area contributed by atoms with E-state index in [0.717, 1.165) is 34.6 Å². The molecular weight excluding hydrogens is 826 g/mol. The smallest absolute Gasteiger partial charge is 0.407 e. The number of hydrogen-bond acceptors (Lipinski definition) is 9. The SMILES string of the molecule is COc1ccc(C(OCC(CNC(=O)CCCCCNC(=O)OCC2c3ccccc3-c3ccccc32)OP(OC)N(C(C)C)C(C)C)(c2ccccc2)c2ccc(OC)cc2)cc1. The number of rotatable bonds is 24. The lowest BCUT2D eigenvalue weighted by Crippen LogP contribution is -2.42. The summed E-state index contributed by atoms with van der Waals surface area (Å²) in [5, 5.41) is 6.02. The fraction of sp³-hybridized carbons (Fsp3) is 0.385. The Kier molecular flexibility index (Phi) is 17.8. The van der Waals surface area contributed by atoms with Crippen molar-refractivity contribution in [3.63, 3.8) is 0 Å². The Morgan fingerprint density at radius 2 is 1.19 bits per heavy atom. The van der Waals surface area contributed by atoms with Crippen molar-refractivity contribution in [2.45, 2.75) is 83.1 Å². The Morgan fingerprint density at radius 3 is 1.72 bits per heavy atom. The number of fused-ring (bicyclic) bond motifs is 3. The summed E-state index contributed by atoms with van der Waals surface area (Å²) in [6.45, 7) is 9.51. The molecule has 6 rings (SSSR count). The molecule has 12 heteroatoms. The van der Waals surface area contributed by atoms with Crippen LogP contribution in [-0.4, -0.2) is 82.5 Å². The summed E-state index contributed by atoms with van der Waals surface area (Å²) < 4.78 is 39.1. The van der Waals surface area contributed by atoms with Crippen molar-refractivity contribution in [1.29, 1.82) is 0 Å². The molecule has 2 unspecified atom stereocenters. The summed E-state index contributed by atoms with van der Waals surface area (Å²) in [7, 11) is 3.43. The Labute approximate surface area is 380 Å². The van der Waals surface area contributed by atoms with Gasteiger partial charge in [0.15, 0.2) is 0 Å². The maximum absolute atomic E-state index is 13.4. The summed E-state index contributed by atoms with van der Waals surface area (Å²) in [6, 6.07) is 42.7. The van der Waals surface area contributed by atoms with Crippen LogP contribution in [0.5, 0.6) is 11.5 Å². The zero-order valence-corrected chi connectivity index (χ0v) is 39.1. The average molecular weight is 890 g/mol. The lowest BCUT2D eigenvalue weighted by molar-refractivity contribution is -0.122. The first-order valence-electron chi connectivity index (χ1n) is 22.2. The van der Waals surface area contributed by atoms with Crippen LogP contribution in [0.1, 0.15) is 87.1 Å². The number of methoxy groups -OCH3 is 2. The Bertz CT molecular complexity index is 2120. The van der Waals surface area contributed by atoms with Crippen LogP contribution < -0.4 is 20.1 Å². The molecule has 0 bridgehead atoms. The number of benzene rings is 5. The van der Waals surface area contributed by atoms with Gasteiger partial charge < -0.3 is 38.6 Å². The first-order chi connectivity index (χ1) is 31.1. The van der Waals surface area contributed by atoms with Gasteiger partial charge in [0.1, 0.15) is 29.8 Å². The standard InChI is InChI=1S/C52H64N3O8P/c1-37(2)55(38(3)4)64(60-7)63-44(35-62-52(39-18-10-8-11-19-39,40-25-29-42(58-5)30-26-40)41-27-31-43(59-6)32-28-41)34-54-50(56)24-12-9-17-33-53-51(57)61-36-49-47-22-15-13-20-45(47)46-21-14-16-23-48(46)49/h8,10-11,13-16,18-23,25-32,37-38,44,49H,9,12,17,24,33-36H2,1-7H3,(H,53,57)(H,54,56). The summed E-state index contributed by atoms with van der Waals surface area (Å²) in [5.41, 5.74) is 6.35. The molecule has 64 heavy (non-hydrogen) atoms. The number of unbranched alkanes of at least 4 members (excludes halogenated alkanes) is 2. The molecule has 340 valence electrons. The molecule has 0 aromatic heterocycles. The third kappa shape index (κ3) is 11.9. The molecular formula is C52H64N3O8P. The molecule has 0 fully saturated rings. The third-order valence-electron chi connectivity index (χ3n) is 11.5. The van der Waals surface area contributed by atoms with Crippen LogP contribution in [0.2, 0.25) is 0 Å². The molecule has 0 saturated heterocycles. The van der Waals surface area contributed by atoms with E-state index < -0.39 is 26.3 Å². The molecule has 2 atom stereocenters. The quantitative estimate of drug-likeness (QED) is 0.0355. The molecule has 0 saturated carbocycles. The largest absolute Gasteiger partial charge is 0.497 e. The predicted octanol–water partition coefficient (Wildman–Crippen LogP) is 10.6. The molecule has 1 aliphatic rings. The van der Waals surface area contributed by atoms with Gasteiger partial charge in [-0.25, -0.2) is 9.46 Å². The summed E-state index contributed by atoms with van der Waals surface area (Å²) >= 11 is 0. The molecule has 11 nitrogen and oxygen atoms in total. The molecule has 5 aromatic rings. The van der Waals surface area contributed by atoms with Crippen molar-refractivity contribution in [3.05, 3.63) is 155 Å². The van der Waals surface area contributed by atoms with Gasteiger partial charge in [-0.3, -0.25) is 4.79 Å². The minimum absolute atomic E-state index is 0.00687. The van der Waals surface area contributed by atoms with Crippen LogP contribution in [0.3, 0.4) is 0 Å². The average Bonchev–Trinajstić information content (AvgIpc) is 3.64. The lowest BCUT2D eigenvalue weighted by Gasteiger charge is -2.39. The number of ether oxygens (including phenoxy) is 4. The van der Waals surface area contributed by atoms with Crippen LogP contribution in [0.25, 0.3) is 11.1 Å². The highest BCUT2D eigenvalue weighted by Gasteiger charge is 2.40. The highest BCUT2D eigenvalue weighted by atomic mass is 31.2. The van der Waals surface area contributed by atoms with Crippen LogP contribution >= 0.6 is 8.53 Å². The van der Waals surface area contributed by atoms with Gasteiger partial charge in [-0.1, -0.05) is 110 Å². The molecule has 5 aromatic carbocycles. The molecule has 2 amide bonds. The molecule has 0 spiro atoms. The van der Waals surface area contributed by atoms with Crippen molar-refractivity contribution in [2.24, 2.45) is 0 Å². The first kappa shape index (κ1) is 48.2. The van der Waals surface area contributed by atoms with E-state index in [1.165, 1.54) is 22.3 Å². The van der Waals surface area contributed by atoms with Crippen molar-refractivity contribution in [2.75, 3.05) is 47.6 Å². The highest BCUT2D eigenvalue weighted by molar-refractivity contribution is 7.44. The maximum atomic E-state index is 13.4. The minimum Gasteiger partial charge on any atom is -0.497 e. The number of carbonyl (C=O) groups excluding carboxylic acids is 2. The van der Waals surface area contributed by atoms with Crippen molar-refractivity contribution in [3.8, 4) is 22.6 Å². The van der Waals surface area contributed by atoms with Crippen LogP contribution in [0.4, 0.5) is 4.79 Å². The van der Waals surface area contributed by atoms with E-state index in [4.69, 9.17) is 28.0 Å². The fourth-order valence-electron chi connectivity index (χ4n) is 8.45. The Hall–Kier alpha value is -5.29. The number of carbonyl (C=O) groups is 2. The van der Waals surface area contributed by atoms with E-state index >= 15 is 0 Å². The zero-order chi connectivity index (χ0) is 45.5. The van der Waals surface area contributed by atoms with Gasteiger partial charge in [-0.15, -0.1) is 0 Å². The van der Waals surface area contributed by atoms with Gasteiger partial charge in [0.25, 0.3) is 8.53 Å². The second-order valence-corrected chi connectivity index (χ2v) is 17.9. The molecule has 0 aliphatic heterocycles. The summed E-state index contributed by atoms with van der Waals surface area (Å²) in [5.74, 6) is 1.37. The Morgan fingerprint density at radius 1 is 0.656 bits per heavy atom. The second-order valence-electron chi connectivity index (χ2n) is 16.4. The normalized spacial score (nSPS) is 13.3. The van der Waals surface area contributed by atoms with E-state index in [2.05, 4.69) is 79.4 Å². The maximum Gasteiger partial charge on any atom is 0.407 e. The molecule has 1 aliphatic carbocycles. The number of alkyl carbamates (subject to hydrolysis) is 1. The van der Waals surface area contributed by atoms with E-state index in [-0.39, 0.29) is 43.7 Å². The predicted molar refractivity (Wildman–Crippen MR) is 254 cm³/mol. The van der Waals surface area contributed by atoms with E-state index in [0.29, 0.717) is 25.8 Å². The van der Waals surface area contributed by atoms with Gasteiger partial charge in [0, 0.05) is 44.6 Å². The number of amides is 2. The van der Waals surface area contributed by atoms with Gasteiger partial charge in [-0.05, 0) is 104 Å². The van der Waals surface area contributed by atoms with E-state index in [1.54, 1.807) is 21.3 Å². The number of hydrogen-bond donors (Lipinski definition) is 2. The fourth-order valence-corrected chi connectivity index (χ4v) is 9.98. The molecule has 2 N–H and O–H groups in total. The van der Waals surface area contributed by atoms with Crippen molar-refractivity contribution < 1.29 is 37.6 Å². The zero-order valence-electron chi connectivity index (χ0n) is 38.3. The van der Waals surface area contributed by atoms with Crippen LogP contribution in [0.15, 0.2) is 127 Å². The van der Waals surface area contributed by atoms with Gasteiger partial charge in [0.2, 0.25) is 5.91 Å². The van der Waals surface area contributed by atoms with Gasteiger partial charge in [-0.2, -0.15) is 0 Å². The monoisotopic (exact) mass is 889 g/mol. The topological polar surface area (TPSA) is 117 Å². The summed E-state index contributed by atoms with van der Waals surface area (Å²) in [6.07, 6.45) is 1.44. The highest BCUT2D eigenvalue weighted by Crippen LogP contribution is 2.48. The Balaban J connectivity index is 1.08. The van der Waals surface area contributed by atoms with Crippen molar-refractivity contribution >= 4 is 20.5 Å². The van der Waals surface area contributed by atoms with Crippen LogP contribution in [-0.2, 0) is 28.9 Å². The first-order valence-corrected chi connectivity index (χ1v) is 23.4. The van der Waals surface area contributed by atoms with Crippen LogP contribution in [0, 0.1) is 0 Å². The van der Waals surface area contributed by atoms with E-state index in [9.17, 15) is 9.59 Å². The number of nitrogens with zero attached hydrogens (tertiary/aromatic N) is 1.